The van der Waals surface area contributed by atoms with Gasteiger partial charge in [0, 0.05) is 5.02 Å². The highest BCUT2D eigenvalue weighted by molar-refractivity contribution is 6.30. The quantitative estimate of drug-likeness (QED) is 0.892. The second kappa shape index (κ2) is 6.06. The molecule has 19 heavy (non-hydrogen) atoms. The van der Waals surface area contributed by atoms with E-state index in [0.717, 1.165) is 5.56 Å². The molecule has 5 heteroatoms. The predicted molar refractivity (Wildman–Crippen MR) is 74.2 cm³/mol. The van der Waals surface area contributed by atoms with Gasteiger partial charge in [-0.1, -0.05) is 44.5 Å². The molecule has 1 amide bonds. The Bertz CT molecular complexity index is 480. The first-order valence-electron chi connectivity index (χ1n) is 5.97. The van der Waals surface area contributed by atoms with E-state index in [2.05, 4.69) is 5.32 Å². The minimum atomic E-state index is -1.04. The third-order valence-corrected chi connectivity index (χ3v) is 2.91. The van der Waals surface area contributed by atoms with Crippen molar-refractivity contribution in [2.75, 3.05) is 0 Å². The number of carbonyl (C=O) groups is 2. The summed E-state index contributed by atoms with van der Waals surface area (Å²) in [6, 6.07) is 6.02. The van der Waals surface area contributed by atoms with Gasteiger partial charge < -0.3 is 10.4 Å². The monoisotopic (exact) mass is 283 g/mol. The fraction of sp³-hybridized carbons (Fsp3) is 0.429. The van der Waals surface area contributed by atoms with Crippen molar-refractivity contribution in [2.45, 2.75) is 33.2 Å². The van der Waals surface area contributed by atoms with Crippen LogP contribution in [0, 0.1) is 5.41 Å². The lowest BCUT2D eigenvalue weighted by molar-refractivity contribution is -0.144. The summed E-state index contributed by atoms with van der Waals surface area (Å²) in [5.74, 6) is -1.36. The number of carboxylic acid groups (broad SMARTS) is 1. The summed E-state index contributed by atoms with van der Waals surface area (Å²) in [4.78, 5) is 23.0. The summed E-state index contributed by atoms with van der Waals surface area (Å²) in [5, 5.41) is 12.2. The van der Waals surface area contributed by atoms with E-state index in [9.17, 15) is 9.59 Å². The van der Waals surface area contributed by atoms with Crippen LogP contribution in [0.25, 0.3) is 0 Å². The van der Waals surface area contributed by atoms with Gasteiger partial charge in [0.15, 0.2) is 0 Å². The maximum Gasteiger partial charge on any atom is 0.326 e. The van der Waals surface area contributed by atoms with Crippen LogP contribution in [0.4, 0.5) is 0 Å². The second-order valence-electron chi connectivity index (χ2n) is 5.51. The van der Waals surface area contributed by atoms with E-state index in [0.29, 0.717) is 5.02 Å². The van der Waals surface area contributed by atoms with Gasteiger partial charge in [-0.25, -0.2) is 4.79 Å². The average molecular weight is 284 g/mol. The highest BCUT2D eigenvalue weighted by Gasteiger charge is 2.32. The predicted octanol–water partition coefficient (Wildman–Crippen LogP) is 2.50. The van der Waals surface area contributed by atoms with Crippen LogP contribution in [0.2, 0.25) is 5.02 Å². The van der Waals surface area contributed by atoms with Crippen molar-refractivity contribution in [3.8, 4) is 0 Å². The van der Waals surface area contributed by atoms with Crippen LogP contribution in [0.15, 0.2) is 24.3 Å². The molecule has 0 spiro atoms. The molecule has 0 saturated carbocycles. The van der Waals surface area contributed by atoms with Crippen LogP contribution < -0.4 is 5.32 Å². The summed E-state index contributed by atoms with van der Waals surface area (Å²) in [6.07, 6.45) is 0.112. The number of halogens is 1. The molecule has 0 aliphatic carbocycles. The fourth-order valence-corrected chi connectivity index (χ4v) is 1.91. The first-order chi connectivity index (χ1) is 8.70. The van der Waals surface area contributed by atoms with E-state index in [-0.39, 0.29) is 12.3 Å². The Morgan fingerprint density at radius 3 is 2.47 bits per heavy atom. The molecule has 0 aliphatic rings. The summed E-state index contributed by atoms with van der Waals surface area (Å²) >= 11 is 5.83. The largest absolute Gasteiger partial charge is 0.480 e. The average Bonchev–Trinajstić information content (AvgIpc) is 2.24. The third-order valence-electron chi connectivity index (χ3n) is 2.67. The van der Waals surface area contributed by atoms with E-state index in [1.165, 1.54) is 0 Å². The fourth-order valence-electron chi connectivity index (χ4n) is 1.69. The molecule has 104 valence electrons. The van der Waals surface area contributed by atoms with Gasteiger partial charge in [-0.05, 0) is 23.1 Å². The van der Waals surface area contributed by atoms with Crippen LogP contribution in [0.1, 0.15) is 26.3 Å². The lowest BCUT2D eigenvalue weighted by Gasteiger charge is -2.27. The minimum Gasteiger partial charge on any atom is -0.480 e. The SMILES string of the molecule is CC(C)(C)[C@@H](NC(=O)Cc1cccc(Cl)c1)C(=O)O. The van der Waals surface area contributed by atoms with Gasteiger partial charge in [0.2, 0.25) is 5.91 Å². The molecule has 0 heterocycles. The van der Waals surface area contributed by atoms with E-state index >= 15 is 0 Å². The number of aliphatic carboxylic acids is 1. The molecule has 1 aromatic carbocycles. The molecule has 2 N–H and O–H groups in total. The first-order valence-corrected chi connectivity index (χ1v) is 6.34. The lowest BCUT2D eigenvalue weighted by Crippen LogP contribution is -2.49. The summed E-state index contributed by atoms with van der Waals surface area (Å²) in [6.45, 7) is 5.31. The third kappa shape index (κ3) is 4.91. The molecule has 1 aromatic rings. The molecule has 0 unspecified atom stereocenters. The van der Waals surface area contributed by atoms with E-state index in [4.69, 9.17) is 16.7 Å². The Kier molecular flexibility index (Phi) is 4.95. The number of carboxylic acids is 1. The van der Waals surface area contributed by atoms with Crippen molar-refractivity contribution >= 4 is 23.5 Å². The standard InChI is InChI=1S/C14H18ClNO3/c1-14(2,3)12(13(18)19)16-11(17)8-9-5-4-6-10(15)7-9/h4-7,12H,8H2,1-3H3,(H,16,17)(H,18,19)/t12-/m0/s1. The molecule has 0 bridgehead atoms. The maximum atomic E-state index is 11.9. The number of hydrogen-bond acceptors (Lipinski definition) is 2. The van der Waals surface area contributed by atoms with E-state index in [1.807, 2.05) is 0 Å². The highest BCUT2D eigenvalue weighted by atomic mass is 35.5. The molecular weight excluding hydrogens is 266 g/mol. The lowest BCUT2D eigenvalue weighted by atomic mass is 9.86. The Morgan fingerprint density at radius 1 is 1.37 bits per heavy atom. The summed E-state index contributed by atoms with van der Waals surface area (Å²) in [5.41, 5.74) is 0.207. The molecule has 0 aliphatic heterocycles. The van der Waals surface area contributed by atoms with Crippen molar-refractivity contribution in [3.05, 3.63) is 34.9 Å². The van der Waals surface area contributed by atoms with E-state index in [1.54, 1.807) is 45.0 Å². The molecule has 0 aromatic heterocycles. The normalized spacial score (nSPS) is 12.8. The van der Waals surface area contributed by atoms with Gasteiger partial charge in [-0.15, -0.1) is 0 Å². The second-order valence-corrected chi connectivity index (χ2v) is 5.95. The van der Waals surface area contributed by atoms with Gasteiger partial charge in [0.25, 0.3) is 0 Å². The molecule has 1 atom stereocenters. The van der Waals surface area contributed by atoms with E-state index < -0.39 is 17.4 Å². The first kappa shape index (κ1) is 15.5. The number of amides is 1. The Hall–Kier alpha value is -1.55. The van der Waals surface area contributed by atoms with Crippen LogP contribution in [-0.2, 0) is 16.0 Å². The zero-order valence-corrected chi connectivity index (χ0v) is 12.0. The number of carbonyl (C=O) groups excluding carboxylic acids is 1. The van der Waals surface area contributed by atoms with Gasteiger partial charge in [-0.2, -0.15) is 0 Å². The number of nitrogens with one attached hydrogen (secondary N) is 1. The summed E-state index contributed by atoms with van der Waals surface area (Å²) < 4.78 is 0. The van der Waals surface area contributed by atoms with Gasteiger partial charge in [-0.3, -0.25) is 4.79 Å². The number of benzene rings is 1. The Balaban J connectivity index is 2.71. The van der Waals surface area contributed by atoms with Crippen LogP contribution >= 0.6 is 11.6 Å². The van der Waals surface area contributed by atoms with Crippen molar-refractivity contribution < 1.29 is 14.7 Å². The molecule has 0 radical (unpaired) electrons. The smallest absolute Gasteiger partial charge is 0.326 e. The zero-order valence-electron chi connectivity index (χ0n) is 11.2. The molecule has 0 fully saturated rings. The van der Waals surface area contributed by atoms with Crippen LogP contribution in [0.3, 0.4) is 0 Å². The maximum absolute atomic E-state index is 11.9. The molecule has 0 saturated heterocycles. The van der Waals surface area contributed by atoms with Crippen molar-refractivity contribution in [1.29, 1.82) is 0 Å². The van der Waals surface area contributed by atoms with Crippen molar-refractivity contribution in [3.63, 3.8) is 0 Å². The Labute approximate surface area is 117 Å². The topological polar surface area (TPSA) is 66.4 Å². The van der Waals surface area contributed by atoms with Crippen LogP contribution in [-0.4, -0.2) is 23.0 Å². The van der Waals surface area contributed by atoms with Gasteiger partial charge >= 0.3 is 5.97 Å². The van der Waals surface area contributed by atoms with Gasteiger partial charge in [0.1, 0.15) is 6.04 Å². The highest BCUT2D eigenvalue weighted by Crippen LogP contribution is 2.19. The molecule has 4 nitrogen and oxygen atoms in total. The summed E-state index contributed by atoms with van der Waals surface area (Å²) in [7, 11) is 0. The van der Waals surface area contributed by atoms with Crippen molar-refractivity contribution in [1.82, 2.24) is 5.32 Å². The number of hydrogen-bond donors (Lipinski definition) is 2. The zero-order chi connectivity index (χ0) is 14.6. The number of rotatable bonds is 4. The Morgan fingerprint density at radius 2 is 2.00 bits per heavy atom. The van der Waals surface area contributed by atoms with Crippen LogP contribution in [0.5, 0.6) is 0 Å². The molecule has 1 rings (SSSR count). The molecular formula is C14H18ClNO3. The van der Waals surface area contributed by atoms with Crippen molar-refractivity contribution in [2.24, 2.45) is 5.41 Å². The minimum absolute atomic E-state index is 0.112. The van der Waals surface area contributed by atoms with Gasteiger partial charge in [0.05, 0.1) is 6.42 Å².